The zero-order valence-electron chi connectivity index (χ0n) is 21.2. The van der Waals surface area contributed by atoms with Gasteiger partial charge in [0, 0.05) is 6.21 Å². The molecule has 3 aromatic carbocycles. The summed E-state index contributed by atoms with van der Waals surface area (Å²) < 4.78 is 11.3. The zero-order valence-corrected chi connectivity index (χ0v) is 21.2. The highest BCUT2D eigenvalue weighted by Gasteiger charge is 2.09. The number of esters is 1. The van der Waals surface area contributed by atoms with E-state index in [0.29, 0.717) is 23.8 Å². The molecule has 0 spiro atoms. The van der Waals surface area contributed by atoms with E-state index in [2.05, 4.69) is 37.9 Å². The van der Waals surface area contributed by atoms with Crippen molar-refractivity contribution in [3.05, 3.63) is 89.5 Å². The van der Waals surface area contributed by atoms with Crippen LogP contribution in [0.4, 0.5) is 5.69 Å². The predicted octanol–water partition coefficient (Wildman–Crippen LogP) is 8.52. The summed E-state index contributed by atoms with van der Waals surface area (Å²) in [7, 11) is 0. The van der Waals surface area contributed by atoms with Gasteiger partial charge in [0.1, 0.15) is 11.5 Å². The first-order valence-electron chi connectivity index (χ1n) is 12.7. The topological polar surface area (TPSA) is 47.9 Å². The molecule has 0 aliphatic carbocycles. The van der Waals surface area contributed by atoms with Gasteiger partial charge in [0.15, 0.2) is 0 Å². The lowest BCUT2D eigenvalue weighted by atomic mass is 10.0. The Kier molecular flexibility index (Phi) is 10.6. The van der Waals surface area contributed by atoms with Crippen LogP contribution in [0.15, 0.2) is 77.8 Å². The van der Waals surface area contributed by atoms with Crippen LogP contribution in [0.2, 0.25) is 0 Å². The van der Waals surface area contributed by atoms with Gasteiger partial charge in [-0.05, 0) is 84.1 Å². The van der Waals surface area contributed by atoms with Crippen LogP contribution in [-0.2, 0) is 0 Å². The van der Waals surface area contributed by atoms with E-state index in [1.165, 1.54) is 37.7 Å². The summed E-state index contributed by atoms with van der Waals surface area (Å²) in [6.07, 6.45) is 9.20. The maximum absolute atomic E-state index is 12.5. The number of hydrogen-bond acceptors (Lipinski definition) is 4. The summed E-state index contributed by atoms with van der Waals surface area (Å²) in [5.74, 6) is 1.39. The normalized spacial score (nSPS) is 11.2. The highest BCUT2D eigenvalue weighted by molar-refractivity contribution is 5.91. The van der Waals surface area contributed by atoms with Crippen molar-refractivity contribution < 1.29 is 14.3 Å². The minimum absolute atomic E-state index is 0.390. The Morgan fingerprint density at radius 3 is 2.09 bits per heavy atom. The van der Waals surface area contributed by atoms with Crippen LogP contribution < -0.4 is 9.47 Å². The smallest absolute Gasteiger partial charge is 0.343 e. The zero-order chi connectivity index (χ0) is 24.9. The van der Waals surface area contributed by atoms with Gasteiger partial charge in [0.2, 0.25) is 0 Å². The van der Waals surface area contributed by atoms with Crippen molar-refractivity contribution in [3.8, 4) is 11.5 Å². The first-order valence-corrected chi connectivity index (χ1v) is 12.7. The van der Waals surface area contributed by atoms with Crippen LogP contribution in [0, 0.1) is 0 Å². The third-order valence-electron chi connectivity index (χ3n) is 5.87. The maximum atomic E-state index is 12.5. The highest BCUT2D eigenvalue weighted by Crippen LogP contribution is 2.20. The Balaban J connectivity index is 1.44. The second-order valence-corrected chi connectivity index (χ2v) is 9.10. The predicted molar refractivity (Wildman–Crippen MR) is 144 cm³/mol. The number of carbonyl (C=O) groups excluding carboxylic acids is 1. The van der Waals surface area contributed by atoms with Crippen LogP contribution >= 0.6 is 0 Å². The molecule has 4 heteroatoms. The maximum Gasteiger partial charge on any atom is 0.343 e. The molecule has 0 amide bonds. The number of rotatable bonds is 13. The Hall–Kier alpha value is -3.40. The van der Waals surface area contributed by atoms with Crippen LogP contribution in [0.5, 0.6) is 11.5 Å². The summed E-state index contributed by atoms with van der Waals surface area (Å²) in [5.41, 5.74) is 3.63. The van der Waals surface area contributed by atoms with E-state index < -0.39 is 0 Å². The summed E-state index contributed by atoms with van der Waals surface area (Å²) in [6.45, 7) is 7.28. The van der Waals surface area contributed by atoms with E-state index in [1.807, 2.05) is 36.4 Å². The van der Waals surface area contributed by atoms with Gasteiger partial charge >= 0.3 is 5.97 Å². The minimum atomic E-state index is -0.390. The Labute approximate surface area is 210 Å². The summed E-state index contributed by atoms with van der Waals surface area (Å²) in [6, 6.07) is 22.7. The summed E-state index contributed by atoms with van der Waals surface area (Å²) >= 11 is 0. The van der Waals surface area contributed by atoms with Crippen molar-refractivity contribution in [2.24, 2.45) is 4.99 Å². The number of nitrogens with zero attached hydrogens (tertiary/aromatic N) is 1. The number of hydrogen-bond donors (Lipinski definition) is 0. The van der Waals surface area contributed by atoms with Gasteiger partial charge in [-0.1, -0.05) is 65.0 Å². The van der Waals surface area contributed by atoms with Crippen molar-refractivity contribution in [3.63, 3.8) is 0 Å². The molecule has 0 radical (unpaired) electrons. The molecule has 0 fully saturated rings. The Morgan fingerprint density at radius 2 is 1.43 bits per heavy atom. The van der Waals surface area contributed by atoms with Gasteiger partial charge in [-0.25, -0.2) is 4.79 Å². The summed E-state index contributed by atoms with van der Waals surface area (Å²) in [5, 5.41) is 0. The molecule has 0 unspecified atom stereocenters. The molecule has 0 heterocycles. The average molecular weight is 472 g/mol. The van der Waals surface area contributed by atoms with Crippen LogP contribution in [0.1, 0.15) is 86.7 Å². The first-order chi connectivity index (χ1) is 17.0. The second-order valence-electron chi connectivity index (χ2n) is 9.10. The third-order valence-corrected chi connectivity index (χ3v) is 5.87. The Bertz CT molecular complexity index is 1050. The van der Waals surface area contributed by atoms with E-state index in [4.69, 9.17) is 9.47 Å². The fourth-order valence-electron chi connectivity index (χ4n) is 3.64. The fraction of sp³-hybridized carbons (Fsp3) is 0.355. The monoisotopic (exact) mass is 471 g/mol. The largest absolute Gasteiger partial charge is 0.494 e. The molecule has 0 bridgehead atoms. The molecular weight excluding hydrogens is 434 g/mol. The number of benzene rings is 3. The molecule has 0 saturated carbocycles. The first kappa shape index (κ1) is 26.2. The standard InChI is InChI=1S/C31H37NO3/c1-4-5-6-7-8-9-22-34-29-20-14-27(15-21-29)31(33)35-30-18-10-25(11-19-30)23-32-28-16-12-26(13-17-28)24(2)3/h10-21,23-24H,4-9,22H2,1-3H3. The molecule has 35 heavy (non-hydrogen) atoms. The average Bonchev–Trinajstić information content (AvgIpc) is 2.88. The highest BCUT2D eigenvalue weighted by atomic mass is 16.5. The van der Waals surface area contributed by atoms with Crippen LogP contribution in [-0.4, -0.2) is 18.8 Å². The summed E-state index contributed by atoms with van der Waals surface area (Å²) in [4.78, 5) is 17.0. The Morgan fingerprint density at radius 1 is 0.800 bits per heavy atom. The van der Waals surface area contributed by atoms with E-state index in [0.717, 1.165) is 23.4 Å². The van der Waals surface area contributed by atoms with Gasteiger partial charge < -0.3 is 9.47 Å². The van der Waals surface area contributed by atoms with Crippen molar-refractivity contribution >= 4 is 17.9 Å². The molecule has 0 aromatic heterocycles. The van der Waals surface area contributed by atoms with Gasteiger partial charge in [0.05, 0.1) is 17.9 Å². The molecule has 184 valence electrons. The van der Waals surface area contributed by atoms with Crippen molar-refractivity contribution in [2.45, 2.75) is 65.2 Å². The number of ether oxygens (including phenoxy) is 2. The van der Waals surface area contributed by atoms with E-state index in [9.17, 15) is 4.79 Å². The van der Waals surface area contributed by atoms with Gasteiger partial charge in [-0.15, -0.1) is 0 Å². The number of aliphatic imine (C=N–C) groups is 1. The van der Waals surface area contributed by atoms with Crippen LogP contribution in [0.25, 0.3) is 0 Å². The molecule has 0 aliphatic rings. The van der Waals surface area contributed by atoms with Gasteiger partial charge in [-0.3, -0.25) is 4.99 Å². The second kappa shape index (κ2) is 14.1. The minimum Gasteiger partial charge on any atom is -0.494 e. The lowest BCUT2D eigenvalue weighted by molar-refractivity contribution is 0.0734. The van der Waals surface area contributed by atoms with E-state index >= 15 is 0 Å². The molecule has 0 saturated heterocycles. The number of carbonyl (C=O) groups is 1. The molecule has 3 rings (SSSR count). The SMILES string of the molecule is CCCCCCCCOc1ccc(C(=O)Oc2ccc(C=Nc3ccc(C(C)C)cc3)cc2)cc1. The van der Waals surface area contributed by atoms with Gasteiger partial charge in [0.25, 0.3) is 0 Å². The van der Waals surface area contributed by atoms with Crippen molar-refractivity contribution in [2.75, 3.05) is 6.61 Å². The third kappa shape index (κ3) is 9.05. The molecular formula is C31H37NO3. The molecule has 3 aromatic rings. The molecule has 0 atom stereocenters. The molecule has 0 aliphatic heterocycles. The molecule has 4 nitrogen and oxygen atoms in total. The van der Waals surface area contributed by atoms with Crippen LogP contribution in [0.3, 0.4) is 0 Å². The van der Waals surface area contributed by atoms with Crippen molar-refractivity contribution in [1.29, 1.82) is 0 Å². The number of unbranched alkanes of at least 4 members (excludes halogenated alkanes) is 5. The van der Waals surface area contributed by atoms with E-state index in [-0.39, 0.29) is 5.97 Å². The lowest BCUT2D eigenvalue weighted by Gasteiger charge is -2.08. The van der Waals surface area contributed by atoms with E-state index in [1.54, 1.807) is 30.5 Å². The van der Waals surface area contributed by atoms with Crippen molar-refractivity contribution in [1.82, 2.24) is 0 Å². The van der Waals surface area contributed by atoms with Gasteiger partial charge in [-0.2, -0.15) is 0 Å². The fourth-order valence-corrected chi connectivity index (χ4v) is 3.64. The quantitative estimate of drug-likeness (QED) is 0.109. The lowest BCUT2D eigenvalue weighted by Crippen LogP contribution is -2.08. The molecule has 0 N–H and O–H groups in total.